The van der Waals surface area contributed by atoms with E-state index in [1.54, 1.807) is 25.2 Å². The highest BCUT2D eigenvalue weighted by Gasteiger charge is 2.30. The highest BCUT2D eigenvalue weighted by atomic mass is 32.2. The van der Waals surface area contributed by atoms with Gasteiger partial charge in [-0.2, -0.15) is 8.42 Å². The summed E-state index contributed by atoms with van der Waals surface area (Å²) in [5.41, 5.74) is 2.66. The molecule has 0 bridgehead atoms. The molecule has 1 amide bonds. The molecule has 102 valence electrons. The van der Waals surface area contributed by atoms with Crippen molar-refractivity contribution in [3.63, 3.8) is 0 Å². The number of amidine groups is 1. The van der Waals surface area contributed by atoms with Crippen LogP contribution in [-0.2, 0) is 19.7 Å². The van der Waals surface area contributed by atoms with E-state index in [2.05, 4.69) is 14.7 Å². The van der Waals surface area contributed by atoms with Gasteiger partial charge in [-0.3, -0.25) is 9.63 Å². The molecule has 1 aromatic carbocycles. The zero-order valence-electron chi connectivity index (χ0n) is 10.5. The number of hydrogen-bond acceptors (Lipinski definition) is 5. The fraction of sp³-hybridized carbons (Fsp3) is 0.273. The topological polar surface area (TPSA) is 88.1 Å². The maximum absolute atomic E-state index is 11.8. The minimum Gasteiger partial charge on any atom is -0.349 e. The van der Waals surface area contributed by atoms with E-state index in [4.69, 9.17) is 0 Å². The quantitative estimate of drug-likeness (QED) is 0.772. The van der Waals surface area contributed by atoms with Crippen molar-refractivity contribution in [1.82, 2.24) is 10.4 Å². The van der Waals surface area contributed by atoms with Crippen LogP contribution in [0.5, 0.6) is 0 Å². The molecule has 0 fully saturated rings. The molecule has 0 atom stereocenters. The molecular formula is C11H13N3O4S. The number of sulfonamides is 1. The van der Waals surface area contributed by atoms with Gasteiger partial charge in [0, 0.05) is 12.6 Å². The Morgan fingerprint density at radius 2 is 2.11 bits per heavy atom. The predicted molar refractivity (Wildman–Crippen MR) is 67.9 cm³/mol. The zero-order valence-corrected chi connectivity index (χ0v) is 11.3. The summed E-state index contributed by atoms with van der Waals surface area (Å²) in [6, 6.07) is 6.50. The Bertz CT molecular complexity index is 639. The van der Waals surface area contributed by atoms with Gasteiger partial charge in [0.2, 0.25) is 0 Å². The molecule has 2 rings (SSSR count). The van der Waals surface area contributed by atoms with Gasteiger partial charge in [-0.1, -0.05) is 12.1 Å². The first-order valence-corrected chi connectivity index (χ1v) is 6.87. The van der Waals surface area contributed by atoms with Crippen LogP contribution in [0, 0.1) is 0 Å². The smallest absolute Gasteiger partial charge is 0.285 e. The van der Waals surface area contributed by atoms with Gasteiger partial charge in [0.25, 0.3) is 15.9 Å². The second-order valence-corrected chi connectivity index (χ2v) is 5.54. The average molecular weight is 283 g/mol. The number of rotatable bonds is 3. The second-order valence-electron chi connectivity index (χ2n) is 3.97. The minimum atomic E-state index is -3.66. The van der Waals surface area contributed by atoms with Crippen molar-refractivity contribution in [3.8, 4) is 0 Å². The number of hydrogen-bond donors (Lipinski definition) is 1. The van der Waals surface area contributed by atoms with Gasteiger partial charge in [-0.25, -0.2) is 5.48 Å². The van der Waals surface area contributed by atoms with Gasteiger partial charge < -0.3 is 4.90 Å². The van der Waals surface area contributed by atoms with Gasteiger partial charge in [0.1, 0.15) is 11.4 Å². The van der Waals surface area contributed by atoms with Crippen LogP contribution in [-0.4, -0.2) is 45.8 Å². The summed E-state index contributed by atoms with van der Waals surface area (Å²) < 4.78 is 27.4. The van der Waals surface area contributed by atoms with Crippen molar-refractivity contribution in [2.24, 2.45) is 4.40 Å². The number of nitrogens with one attached hydrogen (secondary N) is 1. The standard InChI is InChI=1S/C11H13N3O4S/c1-14(7-10(15)12-18-2)11-8-5-3-4-6-9(8)19(16,17)13-11/h3-6H,7H2,1-2H3,(H,12,15). The zero-order chi connectivity index (χ0) is 14.0. The minimum absolute atomic E-state index is 0.0590. The van der Waals surface area contributed by atoms with E-state index < -0.39 is 15.9 Å². The third kappa shape index (κ3) is 2.59. The SMILES string of the molecule is CONC(=O)CN(C)C1=NS(=O)(=O)c2ccccc21. The van der Waals surface area contributed by atoms with Crippen LogP contribution in [0.15, 0.2) is 33.6 Å². The van der Waals surface area contributed by atoms with Crippen LogP contribution in [0.2, 0.25) is 0 Å². The molecule has 0 saturated carbocycles. The lowest BCUT2D eigenvalue weighted by atomic mass is 10.2. The van der Waals surface area contributed by atoms with Gasteiger partial charge in [0.15, 0.2) is 5.84 Å². The lowest BCUT2D eigenvalue weighted by Gasteiger charge is -2.17. The molecule has 1 aliphatic heterocycles. The number of nitrogens with zero attached hydrogens (tertiary/aromatic N) is 2. The van der Waals surface area contributed by atoms with Crippen molar-refractivity contribution in [3.05, 3.63) is 29.8 Å². The summed E-state index contributed by atoms with van der Waals surface area (Å²) >= 11 is 0. The van der Waals surface area contributed by atoms with Crippen molar-refractivity contribution in [1.29, 1.82) is 0 Å². The Labute approximate surface area is 110 Å². The highest BCUT2D eigenvalue weighted by molar-refractivity contribution is 7.90. The van der Waals surface area contributed by atoms with Crippen LogP contribution in [0.4, 0.5) is 0 Å². The van der Waals surface area contributed by atoms with Gasteiger partial charge in [-0.15, -0.1) is 4.40 Å². The predicted octanol–water partition coefficient (Wildman–Crippen LogP) is -0.255. The summed E-state index contributed by atoms with van der Waals surface area (Å²) in [5.74, 6) is -0.142. The third-order valence-electron chi connectivity index (χ3n) is 2.57. The van der Waals surface area contributed by atoms with E-state index in [1.165, 1.54) is 18.1 Å². The molecule has 1 aromatic rings. The van der Waals surface area contributed by atoms with E-state index in [0.29, 0.717) is 5.56 Å². The van der Waals surface area contributed by atoms with E-state index in [9.17, 15) is 13.2 Å². The average Bonchev–Trinajstić information content (AvgIpc) is 2.63. The van der Waals surface area contributed by atoms with Crippen molar-refractivity contribution in [2.45, 2.75) is 4.90 Å². The number of benzene rings is 1. The molecule has 8 heteroatoms. The van der Waals surface area contributed by atoms with E-state index in [0.717, 1.165) is 0 Å². The van der Waals surface area contributed by atoms with E-state index in [-0.39, 0.29) is 17.3 Å². The van der Waals surface area contributed by atoms with Crippen LogP contribution < -0.4 is 5.48 Å². The lowest BCUT2D eigenvalue weighted by molar-refractivity contribution is -0.131. The molecule has 19 heavy (non-hydrogen) atoms. The van der Waals surface area contributed by atoms with E-state index in [1.807, 2.05) is 0 Å². The number of amides is 1. The molecule has 1 aliphatic rings. The normalized spacial score (nSPS) is 15.6. The largest absolute Gasteiger partial charge is 0.349 e. The van der Waals surface area contributed by atoms with Crippen molar-refractivity contribution >= 4 is 21.8 Å². The maximum Gasteiger partial charge on any atom is 0.285 e. The summed E-state index contributed by atoms with van der Waals surface area (Å²) in [6.45, 7) is -0.0590. The van der Waals surface area contributed by atoms with Crippen LogP contribution >= 0.6 is 0 Å². The highest BCUT2D eigenvalue weighted by Crippen LogP contribution is 2.26. The number of carbonyl (C=O) groups is 1. The number of likely N-dealkylation sites (N-methyl/N-ethyl adjacent to an activating group) is 1. The monoisotopic (exact) mass is 283 g/mol. The van der Waals surface area contributed by atoms with Crippen molar-refractivity contribution in [2.75, 3.05) is 20.7 Å². The fourth-order valence-corrected chi connectivity index (χ4v) is 3.05. The Morgan fingerprint density at radius 1 is 1.42 bits per heavy atom. The number of hydroxylamine groups is 1. The first kappa shape index (κ1) is 13.5. The van der Waals surface area contributed by atoms with Crippen LogP contribution in [0.3, 0.4) is 0 Å². The van der Waals surface area contributed by atoms with Gasteiger partial charge in [-0.05, 0) is 12.1 Å². The molecule has 1 heterocycles. The third-order valence-corrected chi connectivity index (χ3v) is 3.90. The fourth-order valence-electron chi connectivity index (χ4n) is 1.80. The summed E-state index contributed by atoms with van der Waals surface area (Å²) in [7, 11) is -0.751. The maximum atomic E-state index is 11.8. The summed E-state index contributed by atoms with van der Waals surface area (Å²) in [6.07, 6.45) is 0. The van der Waals surface area contributed by atoms with E-state index >= 15 is 0 Å². The Morgan fingerprint density at radius 3 is 2.79 bits per heavy atom. The van der Waals surface area contributed by atoms with Crippen LogP contribution in [0.25, 0.3) is 0 Å². The van der Waals surface area contributed by atoms with Crippen LogP contribution in [0.1, 0.15) is 5.56 Å². The first-order valence-electron chi connectivity index (χ1n) is 5.43. The molecule has 0 aromatic heterocycles. The molecule has 1 N–H and O–H groups in total. The molecule has 0 unspecified atom stereocenters. The molecule has 0 aliphatic carbocycles. The number of carbonyl (C=O) groups excluding carboxylic acids is 1. The molecule has 7 nitrogen and oxygen atoms in total. The summed E-state index contributed by atoms with van der Waals surface area (Å²) in [5, 5.41) is 0. The Kier molecular flexibility index (Phi) is 3.54. The molecule has 0 spiro atoms. The lowest BCUT2D eigenvalue weighted by Crippen LogP contribution is -2.37. The van der Waals surface area contributed by atoms with Gasteiger partial charge in [0.05, 0.1) is 7.11 Å². The molecule has 0 saturated heterocycles. The number of fused-ring (bicyclic) bond motifs is 1. The molecular weight excluding hydrogens is 270 g/mol. The molecule has 0 radical (unpaired) electrons. The Hall–Kier alpha value is -1.93. The first-order chi connectivity index (χ1) is 8.95. The second kappa shape index (κ2) is 4.98. The van der Waals surface area contributed by atoms with Crippen molar-refractivity contribution < 1.29 is 18.0 Å². The van der Waals surface area contributed by atoms with Gasteiger partial charge >= 0.3 is 0 Å². The summed E-state index contributed by atoms with van der Waals surface area (Å²) in [4.78, 5) is 17.5. The Balaban J connectivity index is 2.29.